The van der Waals surface area contributed by atoms with Crippen LogP contribution in [-0.4, -0.2) is 37.6 Å². The molecule has 84 valence electrons. The molecule has 2 heteroatoms. The van der Waals surface area contributed by atoms with Crippen molar-refractivity contribution in [1.29, 1.82) is 0 Å². The van der Waals surface area contributed by atoms with Crippen LogP contribution in [0.15, 0.2) is 23.8 Å². The lowest BCUT2D eigenvalue weighted by molar-refractivity contribution is 0.338. The lowest BCUT2D eigenvalue weighted by atomic mass is 10.1. The Morgan fingerprint density at radius 3 is 2.80 bits per heavy atom. The molecule has 2 rings (SSSR count). The fourth-order valence-electron chi connectivity index (χ4n) is 2.27. The average molecular weight is 206 g/mol. The fourth-order valence-corrected chi connectivity index (χ4v) is 2.27. The second-order valence-electron chi connectivity index (χ2n) is 4.48. The van der Waals surface area contributed by atoms with E-state index in [0.717, 1.165) is 13.1 Å². The van der Waals surface area contributed by atoms with E-state index in [1.165, 1.54) is 50.9 Å². The zero-order chi connectivity index (χ0) is 10.3. The minimum Gasteiger partial charge on any atom is -0.311 e. The summed E-state index contributed by atoms with van der Waals surface area (Å²) in [6.45, 7) is 6.01. The Labute approximate surface area is 93.0 Å². The third-order valence-electron chi connectivity index (χ3n) is 3.20. The topological polar surface area (TPSA) is 15.3 Å². The normalized spacial score (nSPS) is 22.0. The highest BCUT2D eigenvalue weighted by Crippen LogP contribution is 2.08. The fraction of sp³-hybridized carbons (Fsp3) is 0.692. The lowest BCUT2D eigenvalue weighted by Gasteiger charge is -2.15. The summed E-state index contributed by atoms with van der Waals surface area (Å²) in [5.74, 6) is 0. The van der Waals surface area contributed by atoms with Gasteiger partial charge in [-0.1, -0.05) is 18.2 Å². The Morgan fingerprint density at radius 1 is 1.20 bits per heavy atom. The molecule has 2 aliphatic rings. The van der Waals surface area contributed by atoms with Crippen LogP contribution in [-0.2, 0) is 0 Å². The predicted molar refractivity (Wildman–Crippen MR) is 65.0 cm³/mol. The van der Waals surface area contributed by atoms with Gasteiger partial charge in [-0.2, -0.15) is 0 Å². The molecule has 0 radical (unpaired) electrons. The molecule has 0 aromatic rings. The van der Waals surface area contributed by atoms with E-state index in [4.69, 9.17) is 0 Å². The molecule has 2 nitrogen and oxygen atoms in total. The molecule has 15 heavy (non-hydrogen) atoms. The summed E-state index contributed by atoms with van der Waals surface area (Å²) in [4.78, 5) is 2.55. The van der Waals surface area contributed by atoms with Crippen molar-refractivity contribution in [2.45, 2.75) is 25.7 Å². The van der Waals surface area contributed by atoms with E-state index in [-0.39, 0.29) is 0 Å². The minimum absolute atomic E-state index is 1.05. The number of hydrogen-bond acceptors (Lipinski definition) is 2. The molecule has 0 spiro atoms. The molecule has 0 bridgehead atoms. The van der Waals surface area contributed by atoms with Crippen LogP contribution in [0.4, 0.5) is 0 Å². The summed E-state index contributed by atoms with van der Waals surface area (Å²) in [7, 11) is 0. The van der Waals surface area contributed by atoms with Gasteiger partial charge < -0.3 is 10.2 Å². The second-order valence-corrected chi connectivity index (χ2v) is 4.48. The zero-order valence-electron chi connectivity index (χ0n) is 9.54. The van der Waals surface area contributed by atoms with Crippen molar-refractivity contribution in [2.24, 2.45) is 0 Å². The van der Waals surface area contributed by atoms with Crippen molar-refractivity contribution < 1.29 is 0 Å². The molecule has 1 aliphatic carbocycles. The number of nitrogens with one attached hydrogen (secondary N) is 1. The van der Waals surface area contributed by atoms with Gasteiger partial charge in [-0.15, -0.1) is 0 Å². The van der Waals surface area contributed by atoms with E-state index in [1.807, 2.05) is 0 Å². The van der Waals surface area contributed by atoms with Crippen LogP contribution in [0.2, 0.25) is 0 Å². The van der Waals surface area contributed by atoms with E-state index < -0.39 is 0 Å². The molecule has 1 heterocycles. The van der Waals surface area contributed by atoms with Crippen LogP contribution in [0.1, 0.15) is 25.7 Å². The van der Waals surface area contributed by atoms with Gasteiger partial charge in [-0.3, -0.25) is 0 Å². The molecular weight excluding hydrogens is 184 g/mol. The smallest absolute Gasteiger partial charge is 0.0202 e. The van der Waals surface area contributed by atoms with Crippen molar-refractivity contribution in [2.75, 3.05) is 32.7 Å². The van der Waals surface area contributed by atoms with Gasteiger partial charge in [-0.25, -0.2) is 0 Å². The first-order valence-corrected chi connectivity index (χ1v) is 6.24. The Bertz CT molecular complexity index is 237. The third kappa shape index (κ3) is 3.80. The van der Waals surface area contributed by atoms with E-state index in [9.17, 15) is 0 Å². The van der Waals surface area contributed by atoms with Crippen molar-refractivity contribution >= 4 is 0 Å². The molecule has 1 saturated heterocycles. The first-order chi connectivity index (χ1) is 7.45. The van der Waals surface area contributed by atoms with Gasteiger partial charge >= 0.3 is 0 Å². The summed E-state index contributed by atoms with van der Waals surface area (Å²) in [6.07, 6.45) is 12.1. The largest absolute Gasteiger partial charge is 0.311 e. The van der Waals surface area contributed by atoms with Crippen molar-refractivity contribution in [3.05, 3.63) is 23.8 Å². The average Bonchev–Trinajstić information content (AvgIpc) is 2.79. The van der Waals surface area contributed by atoms with Gasteiger partial charge in [0.2, 0.25) is 0 Å². The van der Waals surface area contributed by atoms with Crippen LogP contribution in [0.3, 0.4) is 0 Å². The number of nitrogens with zero attached hydrogens (tertiary/aromatic N) is 1. The van der Waals surface area contributed by atoms with Crippen LogP contribution >= 0.6 is 0 Å². The quantitative estimate of drug-likeness (QED) is 0.692. The van der Waals surface area contributed by atoms with Gasteiger partial charge in [0.25, 0.3) is 0 Å². The van der Waals surface area contributed by atoms with E-state index in [1.54, 1.807) is 0 Å². The maximum Gasteiger partial charge on any atom is 0.0202 e. The standard InChI is InChI=1S/C13H22N2/c1-2-6-13(7-3-1)12-14-8-11-15-9-4-5-10-15/h2,6-7,14H,1,3-5,8-12H2. The van der Waals surface area contributed by atoms with Gasteiger partial charge in [0.05, 0.1) is 0 Å². The molecule has 0 saturated carbocycles. The molecule has 0 amide bonds. The maximum atomic E-state index is 3.52. The first-order valence-electron chi connectivity index (χ1n) is 6.24. The predicted octanol–water partition coefficient (Wildman–Crippen LogP) is 1.95. The highest BCUT2D eigenvalue weighted by Gasteiger charge is 2.09. The van der Waals surface area contributed by atoms with Crippen LogP contribution < -0.4 is 5.32 Å². The molecule has 0 atom stereocenters. The summed E-state index contributed by atoms with van der Waals surface area (Å²) < 4.78 is 0. The highest BCUT2D eigenvalue weighted by atomic mass is 15.1. The van der Waals surface area contributed by atoms with Crippen molar-refractivity contribution in [1.82, 2.24) is 10.2 Å². The summed E-state index contributed by atoms with van der Waals surface area (Å²) in [6, 6.07) is 0. The van der Waals surface area contributed by atoms with Crippen LogP contribution in [0, 0.1) is 0 Å². The summed E-state index contributed by atoms with van der Waals surface area (Å²) >= 11 is 0. The third-order valence-corrected chi connectivity index (χ3v) is 3.20. The monoisotopic (exact) mass is 206 g/mol. The summed E-state index contributed by atoms with van der Waals surface area (Å²) in [5.41, 5.74) is 1.46. The van der Waals surface area contributed by atoms with Gasteiger partial charge in [0.1, 0.15) is 0 Å². The number of rotatable bonds is 5. The molecule has 0 unspecified atom stereocenters. The molecule has 1 N–H and O–H groups in total. The number of likely N-dealkylation sites (tertiary alicyclic amines) is 1. The Hall–Kier alpha value is -0.600. The van der Waals surface area contributed by atoms with Gasteiger partial charge in [-0.05, 0) is 44.3 Å². The van der Waals surface area contributed by atoms with Gasteiger partial charge in [0.15, 0.2) is 0 Å². The van der Waals surface area contributed by atoms with Crippen molar-refractivity contribution in [3.8, 4) is 0 Å². The molecule has 0 aromatic heterocycles. The number of allylic oxidation sites excluding steroid dienone is 2. The minimum atomic E-state index is 1.05. The highest BCUT2D eigenvalue weighted by molar-refractivity contribution is 5.23. The molecule has 1 aliphatic heterocycles. The molecular formula is C13H22N2. The second kappa shape index (κ2) is 6.09. The lowest BCUT2D eigenvalue weighted by Crippen LogP contribution is -2.30. The maximum absolute atomic E-state index is 3.52. The zero-order valence-corrected chi connectivity index (χ0v) is 9.54. The SMILES string of the molecule is C1=CC(CNCCN2CCCC2)=CCC1. The molecule has 0 aromatic carbocycles. The van der Waals surface area contributed by atoms with Crippen LogP contribution in [0.25, 0.3) is 0 Å². The Balaban J connectivity index is 1.54. The first kappa shape index (κ1) is 10.9. The van der Waals surface area contributed by atoms with Crippen LogP contribution in [0.5, 0.6) is 0 Å². The molecule has 1 fully saturated rings. The Morgan fingerprint density at radius 2 is 2.07 bits per heavy atom. The van der Waals surface area contributed by atoms with E-state index >= 15 is 0 Å². The Kier molecular flexibility index (Phi) is 4.42. The van der Waals surface area contributed by atoms with Crippen molar-refractivity contribution in [3.63, 3.8) is 0 Å². The number of hydrogen-bond donors (Lipinski definition) is 1. The van der Waals surface area contributed by atoms with E-state index in [0.29, 0.717) is 0 Å². The van der Waals surface area contributed by atoms with Gasteiger partial charge in [0, 0.05) is 19.6 Å². The van der Waals surface area contributed by atoms with E-state index in [2.05, 4.69) is 28.4 Å². The summed E-state index contributed by atoms with van der Waals surface area (Å²) in [5, 5.41) is 3.52.